The zero-order valence-electron chi connectivity index (χ0n) is 18.8. The van der Waals surface area contributed by atoms with Crippen LogP contribution in [0.5, 0.6) is 0 Å². The van der Waals surface area contributed by atoms with Crippen molar-refractivity contribution in [1.29, 1.82) is 0 Å². The summed E-state index contributed by atoms with van der Waals surface area (Å²) in [5.74, 6) is 2.08. The van der Waals surface area contributed by atoms with Gasteiger partial charge in [-0.2, -0.15) is 5.10 Å². The fourth-order valence-corrected chi connectivity index (χ4v) is 4.17. The van der Waals surface area contributed by atoms with Crippen LogP contribution in [-0.2, 0) is 11.2 Å². The first-order valence-corrected chi connectivity index (χ1v) is 11.5. The molecule has 0 aliphatic carbocycles. The molecular formula is C24H32N6O. The Hall–Kier alpha value is -2.96. The van der Waals surface area contributed by atoms with Crippen molar-refractivity contribution >= 4 is 22.8 Å². The third-order valence-electron chi connectivity index (χ3n) is 5.88. The van der Waals surface area contributed by atoms with E-state index in [0.717, 1.165) is 85.9 Å². The lowest BCUT2D eigenvalue weighted by Crippen LogP contribution is -2.49. The molecule has 0 saturated carbocycles. The molecule has 4 rings (SSSR count). The smallest absolute Gasteiger partial charge is 0.222 e. The number of benzene rings is 1. The van der Waals surface area contributed by atoms with Gasteiger partial charge in [0.1, 0.15) is 11.6 Å². The number of unbranched alkanes of at least 4 members (excludes halogenated alkanes) is 1. The Bertz CT molecular complexity index is 1040. The van der Waals surface area contributed by atoms with Crippen LogP contribution in [0.15, 0.2) is 30.3 Å². The first kappa shape index (κ1) is 21.3. The number of aromatic nitrogens is 4. The van der Waals surface area contributed by atoms with Gasteiger partial charge in [0.05, 0.1) is 16.8 Å². The van der Waals surface area contributed by atoms with Gasteiger partial charge in [0.2, 0.25) is 5.91 Å². The average Bonchev–Trinajstić information content (AvgIpc) is 3.14. The Balaban J connectivity index is 1.68. The molecule has 164 valence electrons. The van der Waals surface area contributed by atoms with E-state index in [1.54, 1.807) is 0 Å². The number of piperazine rings is 1. The molecule has 1 amide bonds. The minimum atomic E-state index is 0.272. The summed E-state index contributed by atoms with van der Waals surface area (Å²) in [5.41, 5.74) is 2.79. The van der Waals surface area contributed by atoms with Crippen molar-refractivity contribution in [3.05, 3.63) is 41.9 Å². The fraction of sp³-hybridized carbons (Fsp3) is 0.500. The van der Waals surface area contributed by atoms with Crippen LogP contribution in [0.4, 0.5) is 5.82 Å². The summed E-state index contributed by atoms with van der Waals surface area (Å²) in [5, 5.41) is 5.83. The molecule has 1 aromatic carbocycles. The standard InChI is InChI=1S/C24H32N6O/c1-4-6-13-21(31)28-14-16-29(17-15-28)23-22-18(3)27-30(19-11-8-7-9-12-19)24(22)26-20(25-23)10-5-2/h7-9,11-12H,4-6,10,13-17H2,1-3H3. The van der Waals surface area contributed by atoms with E-state index in [4.69, 9.17) is 15.1 Å². The van der Waals surface area contributed by atoms with E-state index in [0.29, 0.717) is 6.42 Å². The summed E-state index contributed by atoms with van der Waals surface area (Å²) >= 11 is 0. The number of hydrogen-bond acceptors (Lipinski definition) is 5. The van der Waals surface area contributed by atoms with E-state index < -0.39 is 0 Å². The number of nitrogens with zero attached hydrogens (tertiary/aromatic N) is 6. The van der Waals surface area contributed by atoms with Crippen molar-refractivity contribution in [2.45, 2.75) is 52.9 Å². The summed E-state index contributed by atoms with van der Waals surface area (Å²) in [4.78, 5) is 26.6. The van der Waals surface area contributed by atoms with Gasteiger partial charge in [-0.3, -0.25) is 4.79 Å². The Morgan fingerprint density at radius 1 is 1.00 bits per heavy atom. The van der Waals surface area contributed by atoms with Gasteiger partial charge in [0.25, 0.3) is 0 Å². The van der Waals surface area contributed by atoms with Gasteiger partial charge < -0.3 is 9.80 Å². The Morgan fingerprint density at radius 3 is 2.42 bits per heavy atom. The Morgan fingerprint density at radius 2 is 1.74 bits per heavy atom. The summed E-state index contributed by atoms with van der Waals surface area (Å²) < 4.78 is 1.93. The van der Waals surface area contributed by atoms with Crippen LogP contribution >= 0.6 is 0 Å². The lowest BCUT2D eigenvalue weighted by atomic mass is 10.2. The van der Waals surface area contributed by atoms with Gasteiger partial charge in [-0.1, -0.05) is 38.5 Å². The molecule has 0 spiro atoms. The van der Waals surface area contributed by atoms with Crippen molar-refractivity contribution in [3.8, 4) is 5.69 Å². The number of anilines is 1. The lowest BCUT2D eigenvalue weighted by Gasteiger charge is -2.36. The predicted octanol–water partition coefficient (Wildman–Crippen LogP) is 3.92. The zero-order chi connectivity index (χ0) is 21.8. The Labute approximate surface area is 184 Å². The third-order valence-corrected chi connectivity index (χ3v) is 5.88. The van der Waals surface area contributed by atoms with Crippen molar-refractivity contribution < 1.29 is 4.79 Å². The number of hydrogen-bond donors (Lipinski definition) is 0. The molecule has 1 fully saturated rings. The lowest BCUT2D eigenvalue weighted by molar-refractivity contribution is -0.131. The highest BCUT2D eigenvalue weighted by atomic mass is 16.2. The van der Waals surface area contributed by atoms with E-state index in [-0.39, 0.29) is 5.91 Å². The second-order valence-corrected chi connectivity index (χ2v) is 8.22. The highest BCUT2D eigenvalue weighted by molar-refractivity contribution is 5.91. The molecule has 7 heteroatoms. The number of fused-ring (bicyclic) bond motifs is 1. The average molecular weight is 421 g/mol. The van der Waals surface area contributed by atoms with Crippen LogP contribution in [0.2, 0.25) is 0 Å². The number of aryl methyl sites for hydroxylation is 2. The van der Waals surface area contributed by atoms with Crippen molar-refractivity contribution in [2.24, 2.45) is 0 Å². The number of para-hydroxylation sites is 1. The van der Waals surface area contributed by atoms with Gasteiger partial charge in [0.15, 0.2) is 5.65 Å². The first-order valence-electron chi connectivity index (χ1n) is 11.5. The van der Waals surface area contributed by atoms with Crippen molar-refractivity contribution in [2.75, 3.05) is 31.1 Å². The largest absolute Gasteiger partial charge is 0.352 e. The molecule has 1 aliphatic heterocycles. The minimum Gasteiger partial charge on any atom is -0.352 e. The number of carbonyl (C=O) groups is 1. The molecule has 31 heavy (non-hydrogen) atoms. The van der Waals surface area contributed by atoms with Crippen LogP contribution in [0, 0.1) is 6.92 Å². The van der Waals surface area contributed by atoms with Crippen molar-refractivity contribution in [1.82, 2.24) is 24.6 Å². The predicted molar refractivity (Wildman–Crippen MR) is 124 cm³/mol. The summed E-state index contributed by atoms with van der Waals surface area (Å²) in [6, 6.07) is 10.1. The Kier molecular flexibility index (Phi) is 6.49. The summed E-state index contributed by atoms with van der Waals surface area (Å²) in [6.45, 7) is 9.34. The molecular weight excluding hydrogens is 388 g/mol. The molecule has 0 radical (unpaired) electrons. The topological polar surface area (TPSA) is 67.2 Å². The number of amides is 1. The highest BCUT2D eigenvalue weighted by Crippen LogP contribution is 2.30. The number of rotatable bonds is 7. The van der Waals surface area contributed by atoms with Crippen LogP contribution in [0.25, 0.3) is 16.7 Å². The number of carbonyl (C=O) groups excluding carboxylic acids is 1. The minimum absolute atomic E-state index is 0.272. The monoisotopic (exact) mass is 420 g/mol. The van der Waals surface area contributed by atoms with E-state index in [2.05, 4.69) is 18.7 Å². The molecule has 7 nitrogen and oxygen atoms in total. The van der Waals surface area contributed by atoms with Gasteiger partial charge in [-0.05, 0) is 31.9 Å². The van der Waals surface area contributed by atoms with Crippen molar-refractivity contribution in [3.63, 3.8) is 0 Å². The van der Waals surface area contributed by atoms with Crippen LogP contribution < -0.4 is 4.90 Å². The maximum absolute atomic E-state index is 12.4. The van der Waals surface area contributed by atoms with E-state index in [1.807, 2.05) is 46.8 Å². The van der Waals surface area contributed by atoms with Gasteiger partial charge in [-0.25, -0.2) is 14.6 Å². The summed E-state index contributed by atoms with van der Waals surface area (Å²) in [7, 11) is 0. The second kappa shape index (κ2) is 9.45. The second-order valence-electron chi connectivity index (χ2n) is 8.22. The molecule has 3 aromatic rings. The van der Waals surface area contributed by atoms with Gasteiger partial charge in [-0.15, -0.1) is 0 Å². The molecule has 1 aliphatic rings. The maximum Gasteiger partial charge on any atom is 0.222 e. The molecule has 1 saturated heterocycles. The van der Waals surface area contributed by atoms with E-state index in [9.17, 15) is 4.79 Å². The van der Waals surface area contributed by atoms with E-state index >= 15 is 0 Å². The van der Waals surface area contributed by atoms with E-state index in [1.165, 1.54) is 0 Å². The molecule has 3 heterocycles. The fourth-order valence-electron chi connectivity index (χ4n) is 4.17. The SMILES string of the molecule is CCCCC(=O)N1CCN(c2nc(CCC)nc3c2c(C)nn3-c2ccccc2)CC1. The maximum atomic E-state index is 12.4. The summed E-state index contributed by atoms with van der Waals surface area (Å²) in [6.07, 6.45) is 4.48. The first-order chi connectivity index (χ1) is 15.1. The quantitative estimate of drug-likeness (QED) is 0.580. The third kappa shape index (κ3) is 4.40. The normalized spacial score (nSPS) is 14.4. The van der Waals surface area contributed by atoms with Crippen LogP contribution in [-0.4, -0.2) is 56.7 Å². The molecule has 0 N–H and O–H groups in total. The zero-order valence-corrected chi connectivity index (χ0v) is 18.8. The molecule has 0 unspecified atom stereocenters. The van der Waals surface area contributed by atoms with Crippen LogP contribution in [0.1, 0.15) is 51.0 Å². The molecule has 0 atom stereocenters. The van der Waals surface area contributed by atoms with Gasteiger partial charge >= 0.3 is 0 Å². The molecule has 2 aromatic heterocycles. The van der Waals surface area contributed by atoms with Gasteiger partial charge in [0, 0.05) is 39.0 Å². The highest BCUT2D eigenvalue weighted by Gasteiger charge is 2.26. The molecule has 0 bridgehead atoms. The van der Waals surface area contributed by atoms with Crippen LogP contribution in [0.3, 0.4) is 0 Å².